The van der Waals surface area contributed by atoms with Gasteiger partial charge in [0.15, 0.2) is 0 Å². The number of ether oxygens (including phenoxy) is 2. The van der Waals surface area contributed by atoms with E-state index in [4.69, 9.17) is 14.0 Å². The third kappa shape index (κ3) is 4.78. The number of aromatic nitrogens is 3. The Bertz CT molecular complexity index is 699. The second-order valence-electron chi connectivity index (χ2n) is 6.90. The first-order valence-corrected chi connectivity index (χ1v) is 8.86. The zero-order valence-corrected chi connectivity index (χ0v) is 15.9. The van der Waals surface area contributed by atoms with Crippen LogP contribution < -0.4 is 5.32 Å². The SMILES string of the molecule is Cc1noc(C)c1CO[C@@H]1COCC[C@H]1Nc1cncc(CN(C)C)n1. The number of hydrogen-bond acceptors (Lipinski definition) is 8. The van der Waals surface area contributed by atoms with E-state index >= 15 is 0 Å². The first kappa shape index (κ1) is 18.8. The summed E-state index contributed by atoms with van der Waals surface area (Å²) < 4.78 is 16.9. The Hall–Kier alpha value is -2.03. The standard InChI is InChI=1S/C18H27N5O3/c1-12-15(13(2)26-22-12)10-25-17-11-24-6-5-16(17)21-18-8-19-7-14(20-18)9-23(3)4/h7-8,16-17H,5-6,9-11H2,1-4H3,(H,20,21)/t16-,17-/m1/s1. The number of nitrogens with zero attached hydrogens (tertiary/aromatic N) is 4. The Balaban J connectivity index is 1.63. The van der Waals surface area contributed by atoms with Crippen molar-refractivity contribution in [1.82, 2.24) is 20.0 Å². The molecular formula is C18H27N5O3. The molecule has 2 aromatic heterocycles. The van der Waals surface area contributed by atoms with Gasteiger partial charge in [-0.25, -0.2) is 4.98 Å². The average molecular weight is 361 g/mol. The summed E-state index contributed by atoms with van der Waals surface area (Å²) in [4.78, 5) is 11.0. The summed E-state index contributed by atoms with van der Waals surface area (Å²) in [6.45, 7) is 6.28. The lowest BCUT2D eigenvalue weighted by atomic mass is 10.1. The molecule has 0 radical (unpaired) electrons. The van der Waals surface area contributed by atoms with Crippen LogP contribution in [0.2, 0.25) is 0 Å². The van der Waals surface area contributed by atoms with Crippen LogP contribution in [0.25, 0.3) is 0 Å². The molecule has 8 heteroatoms. The van der Waals surface area contributed by atoms with Gasteiger partial charge in [-0.2, -0.15) is 0 Å². The third-order valence-electron chi connectivity index (χ3n) is 4.42. The highest BCUT2D eigenvalue weighted by molar-refractivity contribution is 5.34. The van der Waals surface area contributed by atoms with Crippen molar-refractivity contribution in [2.75, 3.05) is 32.6 Å². The highest BCUT2D eigenvalue weighted by atomic mass is 16.5. The van der Waals surface area contributed by atoms with Crippen LogP contribution in [0, 0.1) is 13.8 Å². The molecule has 2 aromatic rings. The van der Waals surface area contributed by atoms with E-state index in [-0.39, 0.29) is 12.1 Å². The summed E-state index contributed by atoms with van der Waals surface area (Å²) in [5, 5.41) is 7.44. The van der Waals surface area contributed by atoms with Gasteiger partial charge in [0.05, 0.1) is 36.8 Å². The van der Waals surface area contributed by atoms with Gasteiger partial charge in [-0.3, -0.25) is 4.98 Å². The van der Waals surface area contributed by atoms with E-state index in [9.17, 15) is 0 Å². The van der Waals surface area contributed by atoms with E-state index in [1.165, 1.54) is 0 Å². The Morgan fingerprint density at radius 1 is 1.31 bits per heavy atom. The molecule has 0 amide bonds. The number of rotatable bonds is 7. The summed E-state index contributed by atoms with van der Waals surface area (Å²) >= 11 is 0. The summed E-state index contributed by atoms with van der Waals surface area (Å²) in [5.41, 5.74) is 2.80. The lowest BCUT2D eigenvalue weighted by Gasteiger charge is -2.32. The van der Waals surface area contributed by atoms with Crippen molar-refractivity contribution in [2.45, 2.75) is 45.6 Å². The molecule has 0 aliphatic carbocycles. The van der Waals surface area contributed by atoms with Gasteiger partial charge in [0, 0.05) is 24.9 Å². The molecule has 1 aliphatic heterocycles. The van der Waals surface area contributed by atoms with Gasteiger partial charge < -0.3 is 24.2 Å². The Labute approximate surface area is 153 Å². The molecule has 0 bridgehead atoms. The van der Waals surface area contributed by atoms with E-state index in [1.54, 1.807) is 12.4 Å². The summed E-state index contributed by atoms with van der Waals surface area (Å²) in [5.74, 6) is 1.56. The number of aryl methyl sites for hydroxylation is 2. The molecule has 1 saturated heterocycles. The van der Waals surface area contributed by atoms with Crippen LogP contribution in [0.5, 0.6) is 0 Å². The minimum absolute atomic E-state index is 0.0724. The monoisotopic (exact) mass is 361 g/mol. The first-order valence-electron chi connectivity index (χ1n) is 8.86. The van der Waals surface area contributed by atoms with Crippen molar-refractivity contribution in [2.24, 2.45) is 0 Å². The topological polar surface area (TPSA) is 85.5 Å². The maximum atomic E-state index is 6.12. The van der Waals surface area contributed by atoms with Crippen molar-refractivity contribution >= 4 is 5.82 Å². The fourth-order valence-electron chi connectivity index (χ4n) is 3.01. The second-order valence-corrected chi connectivity index (χ2v) is 6.90. The molecule has 142 valence electrons. The molecular weight excluding hydrogens is 334 g/mol. The fourth-order valence-corrected chi connectivity index (χ4v) is 3.01. The van der Waals surface area contributed by atoms with Crippen LogP contribution in [0.3, 0.4) is 0 Å². The molecule has 1 aliphatic rings. The van der Waals surface area contributed by atoms with E-state index in [0.29, 0.717) is 19.8 Å². The van der Waals surface area contributed by atoms with Crippen LogP contribution in [0.1, 0.15) is 29.1 Å². The average Bonchev–Trinajstić information content (AvgIpc) is 2.92. The maximum absolute atomic E-state index is 6.12. The molecule has 0 aromatic carbocycles. The van der Waals surface area contributed by atoms with Crippen LogP contribution in [0.15, 0.2) is 16.9 Å². The Kier molecular flexibility index (Phi) is 6.18. The van der Waals surface area contributed by atoms with Gasteiger partial charge >= 0.3 is 0 Å². The summed E-state index contributed by atoms with van der Waals surface area (Å²) in [6.07, 6.45) is 4.32. The fraction of sp³-hybridized carbons (Fsp3) is 0.611. The van der Waals surface area contributed by atoms with Gasteiger partial charge in [0.25, 0.3) is 0 Å². The molecule has 3 rings (SSSR count). The second kappa shape index (κ2) is 8.57. The lowest BCUT2D eigenvalue weighted by molar-refractivity contribution is -0.0641. The maximum Gasteiger partial charge on any atom is 0.145 e. The predicted molar refractivity (Wildman–Crippen MR) is 96.8 cm³/mol. The molecule has 1 fully saturated rings. The van der Waals surface area contributed by atoms with Crippen LogP contribution in [-0.2, 0) is 22.6 Å². The van der Waals surface area contributed by atoms with E-state index < -0.39 is 0 Å². The van der Waals surface area contributed by atoms with Crippen LogP contribution in [-0.4, -0.2) is 59.5 Å². The molecule has 26 heavy (non-hydrogen) atoms. The van der Waals surface area contributed by atoms with Crippen molar-refractivity contribution in [3.05, 3.63) is 35.1 Å². The quantitative estimate of drug-likeness (QED) is 0.801. The minimum atomic E-state index is -0.0724. The van der Waals surface area contributed by atoms with Crippen LogP contribution >= 0.6 is 0 Å². The molecule has 1 N–H and O–H groups in total. The zero-order chi connectivity index (χ0) is 18.5. The Morgan fingerprint density at radius 2 is 2.15 bits per heavy atom. The van der Waals surface area contributed by atoms with Gasteiger partial charge in [0.2, 0.25) is 0 Å². The van der Waals surface area contributed by atoms with Crippen molar-refractivity contribution < 1.29 is 14.0 Å². The molecule has 0 spiro atoms. The molecule has 8 nitrogen and oxygen atoms in total. The normalized spacial score (nSPS) is 20.5. The zero-order valence-electron chi connectivity index (χ0n) is 15.9. The van der Waals surface area contributed by atoms with E-state index in [1.807, 2.05) is 27.9 Å². The largest absolute Gasteiger partial charge is 0.379 e. The molecule has 2 atom stereocenters. The van der Waals surface area contributed by atoms with Gasteiger partial charge in [-0.1, -0.05) is 5.16 Å². The van der Waals surface area contributed by atoms with Gasteiger partial charge in [-0.05, 0) is 34.4 Å². The van der Waals surface area contributed by atoms with Gasteiger partial charge in [-0.15, -0.1) is 0 Å². The van der Waals surface area contributed by atoms with Crippen molar-refractivity contribution in [3.63, 3.8) is 0 Å². The molecule has 3 heterocycles. The van der Waals surface area contributed by atoms with Crippen LogP contribution in [0.4, 0.5) is 5.82 Å². The molecule has 0 unspecified atom stereocenters. The van der Waals surface area contributed by atoms with E-state index in [2.05, 4.69) is 25.3 Å². The number of hydrogen-bond donors (Lipinski definition) is 1. The first-order chi connectivity index (χ1) is 12.5. The molecule has 0 saturated carbocycles. The van der Waals surface area contributed by atoms with Crippen molar-refractivity contribution in [3.8, 4) is 0 Å². The summed E-state index contributed by atoms with van der Waals surface area (Å²) in [6, 6.07) is 0.119. The third-order valence-corrected chi connectivity index (χ3v) is 4.42. The highest BCUT2D eigenvalue weighted by Gasteiger charge is 2.27. The minimum Gasteiger partial charge on any atom is -0.379 e. The van der Waals surface area contributed by atoms with Crippen molar-refractivity contribution in [1.29, 1.82) is 0 Å². The predicted octanol–water partition coefficient (Wildman–Crippen LogP) is 1.93. The highest BCUT2D eigenvalue weighted by Crippen LogP contribution is 2.20. The summed E-state index contributed by atoms with van der Waals surface area (Å²) in [7, 11) is 4.03. The lowest BCUT2D eigenvalue weighted by Crippen LogP contribution is -2.44. The van der Waals surface area contributed by atoms with E-state index in [0.717, 1.165) is 41.5 Å². The number of nitrogens with one attached hydrogen (secondary N) is 1. The number of anilines is 1. The smallest absolute Gasteiger partial charge is 0.145 e. The van der Waals surface area contributed by atoms with Gasteiger partial charge in [0.1, 0.15) is 17.7 Å². The Morgan fingerprint density at radius 3 is 2.88 bits per heavy atom.